The second-order valence-electron chi connectivity index (χ2n) is 7.64. The number of carboxylic acid groups (broad SMARTS) is 1. The molecule has 1 aliphatic rings. The molecule has 5 nitrogen and oxygen atoms in total. The zero-order chi connectivity index (χ0) is 19.0. The fraction of sp³-hybridized carbons (Fsp3) is 0.905. The van der Waals surface area contributed by atoms with E-state index in [1.165, 1.54) is 70.6 Å². The van der Waals surface area contributed by atoms with Crippen molar-refractivity contribution in [1.82, 2.24) is 5.32 Å². The van der Waals surface area contributed by atoms with Crippen LogP contribution in [0.1, 0.15) is 103 Å². The lowest BCUT2D eigenvalue weighted by molar-refractivity contribution is -0.149. The molecule has 2 atom stereocenters. The largest absolute Gasteiger partial charge is 0.480 e. The molecule has 0 bridgehead atoms. The molecule has 1 fully saturated rings. The molecule has 0 spiro atoms. The van der Waals surface area contributed by atoms with Crippen LogP contribution >= 0.6 is 0 Å². The fourth-order valence-corrected chi connectivity index (χ4v) is 3.51. The van der Waals surface area contributed by atoms with E-state index >= 15 is 0 Å². The molecule has 1 heterocycles. The summed E-state index contributed by atoms with van der Waals surface area (Å²) in [5.74, 6) is -1.06. The monoisotopic (exact) mass is 369 g/mol. The lowest BCUT2D eigenvalue weighted by Gasteiger charge is -2.10. The van der Waals surface area contributed by atoms with Crippen LogP contribution < -0.4 is 5.32 Å². The minimum atomic E-state index is -0.875. The smallest absolute Gasteiger partial charge is 0.320 e. The van der Waals surface area contributed by atoms with E-state index in [2.05, 4.69) is 12.2 Å². The molecule has 0 radical (unpaired) electrons. The number of ether oxygens (including phenoxy) is 1. The van der Waals surface area contributed by atoms with Gasteiger partial charge in [0.05, 0.1) is 0 Å². The van der Waals surface area contributed by atoms with Crippen LogP contribution in [-0.2, 0) is 14.3 Å². The van der Waals surface area contributed by atoms with Crippen molar-refractivity contribution in [3.63, 3.8) is 0 Å². The Morgan fingerprint density at radius 3 is 1.85 bits per heavy atom. The predicted octanol–water partition coefficient (Wildman–Crippen LogP) is 4.83. The predicted molar refractivity (Wildman–Crippen MR) is 104 cm³/mol. The maximum atomic E-state index is 11.8. The summed E-state index contributed by atoms with van der Waals surface area (Å²) in [5, 5.41) is 11.7. The summed E-state index contributed by atoms with van der Waals surface area (Å²) in [6.45, 7) is 2.70. The molecular weight excluding hydrogens is 330 g/mol. The highest BCUT2D eigenvalue weighted by atomic mass is 16.5. The van der Waals surface area contributed by atoms with Crippen molar-refractivity contribution in [3.05, 3.63) is 0 Å². The average molecular weight is 370 g/mol. The number of unbranched alkanes of at least 4 members (excludes halogenated alkanes) is 12. The zero-order valence-electron chi connectivity index (χ0n) is 16.6. The quantitative estimate of drug-likeness (QED) is 0.301. The van der Waals surface area contributed by atoms with Gasteiger partial charge in [0.2, 0.25) is 0 Å². The van der Waals surface area contributed by atoms with Gasteiger partial charge < -0.3 is 15.2 Å². The van der Waals surface area contributed by atoms with Crippen LogP contribution in [-0.4, -0.2) is 35.7 Å². The number of carboxylic acids is 1. The Morgan fingerprint density at radius 2 is 1.38 bits per heavy atom. The lowest BCUT2D eigenvalue weighted by atomic mass is 10.0. The van der Waals surface area contributed by atoms with Crippen LogP contribution in [0.4, 0.5) is 0 Å². The fourth-order valence-electron chi connectivity index (χ4n) is 3.51. The van der Waals surface area contributed by atoms with Gasteiger partial charge in [-0.1, -0.05) is 84.0 Å². The van der Waals surface area contributed by atoms with Crippen LogP contribution in [0.2, 0.25) is 0 Å². The van der Waals surface area contributed by atoms with E-state index in [0.717, 1.165) is 12.8 Å². The van der Waals surface area contributed by atoms with Crippen molar-refractivity contribution < 1.29 is 19.4 Å². The highest BCUT2D eigenvalue weighted by molar-refractivity contribution is 5.74. The Morgan fingerprint density at radius 1 is 0.885 bits per heavy atom. The van der Waals surface area contributed by atoms with Gasteiger partial charge in [0.25, 0.3) is 0 Å². The Labute approximate surface area is 159 Å². The number of hydrogen-bond acceptors (Lipinski definition) is 4. The van der Waals surface area contributed by atoms with Gasteiger partial charge in [-0.15, -0.1) is 0 Å². The van der Waals surface area contributed by atoms with Crippen molar-refractivity contribution in [2.75, 3.05) is 6.54 Å². The van der Waals surface area contributed by atoms with Gasteiger partial charge in [-0.3, -0.25) is 9.59 Å². The summed E-state index contributed by atoms with van der Waals surface area (Å²) < 4.78 is 5.33. The Balaban J connectivity index is 1.83. The first-order chi connectivity index (χ1) is 12.6. The average Bonchev–Trinajstić information content (AvgIpc) is 3.07. The maximum absolute atomic E-state index is 11.8. The third kappa shape index (κ3) is 11.5. The molecule has 0 amide bonds. The maximum Gasteiger partial charge on any atom is 0.320 e. The topological polar surface area (TPSA) is 75.6 Å². The second-order valence-corrected chi connectivity index (χ2v) is 7.64. The van der Waals surface area contributed by atoms with Crippen LogP contribution in [0.5, 0.6) is 0 Å². The van der Waals surface area contributed by atoms with E-state index in [-0.39, 0.29) is 12.1 Å². The molecule has 152 valence electrons. The molecular formula is C21H39NO4. The van der Waals surface area contributed by atoms with Gasteiger partial charge in [0, 0.05) is 19.4 Å². The summed E-state index contributed by atoms with van der Waals surface area (Å²) >= 11 is 0. The highest BCUT2D eigenvalue weighted by Gasteiger charge is 2.31. The Hall–Kier alpha value is -1.10. The summed E-state index contributed by atoms with van der Waals surface area (Å²) in [6.07, 6.45) is 17.2. The van der Waals surface area contributed by atoms with E-state index < -0.39 is 12.0 Å². The van der Waals surface area contributed by atoms with Crippen molar-refractivity contribution in [2.24, 2.45) is 0 Å². The lowest BCUT2D eigenvalue weighted by Crippen LogP contribution is -2.30. The molecule has 1 rings (SSSR count). The first-order valence-corrected chi connectivity index (χ1v) is 10.8. The van der Waals surface area contributed by atoms with Crippen LogP contribution in [0.3, 0.4) is 0 Å². The number of rotatable bonds is 16. The van der Waals surface area contributed by atoms with E-state index in [1.807, 2.05) is 0 Å². The SMILES string of the molecule is CCCCCCCCCCCCCCCC(=O)O[C@H]1CN[C@H](C(=O)O)C1. The number of carbonyl (C=O) groups is 2. The van der Waals surface area contributed by atoms with Gasteiger partial charge in [0.1, 0.15) is 12.1 Å². The summed E-state index contributed by atoms with van der Waals surface area (Å²) in [5.41, 5.74) is 0. The van der Waals surface area contributed by atoms with Gasteiger partial charge in [-0.05, 0) is 6.42 Å². The first kappa shape index (κ1) is 22.9. The van der Waals surface area contributed by atoms with Gasteiger partial charge in [-0.25, -0.2) is 0 Å². The molecule has 26 heavy (non-hydrogen) atoms. The standard InChI is InChI=1S/C21H39NO4/c1-2-3-4-5-6-7-8-9-10-11-12-13-14-15-20(23)26-18-16-19(21(24)25)22-17-18/h18-19,22H,2-17H2,1H3,(H,24,25)/t18-,19+/m1/s1. The van der Waals surface area contributed by atoms with Crippen molar-refractivity contribution in [3.8, 4) is 0 Å². The molecule has 0 aliphatic carbocycles. The number of nitrogens with one attached hydrogen (secondary N) is 1. The van der Waals surface area contributed by atoms with Crippen LogP contribution in [0, 0.1) is 0 Å². The minimum Gasteiger partial charge on any atom is -0.480 e. The normalized spacial score (nSPS) is 19.6. The van der Waals surface area contributed by atoms with E-state index in [0.29, 0.717) is 19.4 Å². The van der Waals surface area contributed by atoms with Crippen LogP contribution in [0.15, 0.2) is 0 Å². The number of aliphatic carboxylic acids is 1. The third-order valence-electron chi connectivity index (χ3n) is 5.17. The summed E-state index contributed by atoms with van der Waals surface area (Å²) in [7, 11) is 0. The first-order valence-electron chi connectivity index (χ1n) is 10.8. The van der Waals surface area contributed by atoms with Crippen LogP contribution in [0.25, 0.3) is 0 Å². The van der Waals surface area contributed by atoms with Crippen molar-refractivity contribution in [2.45, 2.75) is 115 Å². The second kappa shape index (κ2) is 15.0. The Kier molecular flexibility index (Phi) is 13.2. The number of esters is 1. The summed E-state index contributed by atoms with van der Waals surface area (Å²) in [6, 6.07) is -0.579. The zero-order valence-corrected chi connectivity index (χ0v) is 16.6. The van der Waals surface area contributed by atoms with E-state index in [1.54, 1.807) is 0 Å². The number of carbonyl (C=O) groups excluding carboxylic acids is 1. The number of hydrogen-bond donors (Lipinski definition) is 2. The molecule has 0 aromatic heterocycles. The van der Waals surface area contributed by atoms with Crippen molar-refractivity contribution >= 4 is 11.9 Å². The van der Waals surface area contributed by atoms with E-state index in [4.69, 9.17) is 9.84 Å². The molecule has 0 aromatic rings. The highest BCUT2D eigenvalue weighted by Crippen LogP contribution is 2.15. The van der Waals surface area contributed by atoms with Gasteiger partial charge in [0.15, 0.2) is 0 Å². The molecule has 1 aliphatic heterocycles. The minimum absolute atomic E-state index is 0.189. The molecule has 2 N–H and O–H groups in total. The third-order valence-corrected chi connectivity index (χ3v) is 5.17. The summed E-state index contributed by atoms with van der Waals surface area (Å²) in [4.78, 5) is 22.6. The molecule has 0 unspecified atom stereocenters. The molecule has 0 saturated carbocycles. The Bertz CT molecular complexity index is 386. The molecule has 5 heteroatoms. The van der Waals surface area contributed by atoms with Gasteiger partial charge in [-0.2, -0.15) is 0 Å². The molecule has 0 aromatic carbocycles. The van der Waals surface area contributed by atoms with E-state index in [9.17, 15) is 9.59 Å². The van der Waals surface area contributed by atoms with Gasteiger partial charge >= 0.3 is 11.9 Å². The van der Waals surface area contributed by atoms with Crippen molar-refractivity contribution in [1.29, 1.82) is 0 Å². The molecule has 1 saturated heterocycles.